The van der Waals surface area contributed by atoms with Crippen molar-refractivity contribution in [2.24, 2.45) is 5.92 Å². The van der Waals surface area contributed by atoms with Crippen LogP contribution in [0.4, 0.5) is 16.2 Å². The van der Waals surface area contributed by atoms with Gasteiger partial charge in [-0.25, -0.2) is 4.79 Å². The summed E-state index contributed by atoms with van der Waals surface area (Å²) in [6.07, 6.45) is 6.99. The lowest BCUT2D eigenvalue weighted by Gasteiger charge is -2.35. The zero-order valence-corrected chi connectivity index (χ0v) is 23.6. The van der Waals surface area contributed by atoms with Crippen molar-refractivity contribution in [1.29, 1.82) is 0 Å². The molecule has 210 valence electrons. The third-order valence-corrected chi connectivity index (χ3v) is 8.45. The molecule has 3 aromatic rings. The molecule has 1 aliphatic heterocycles. The number of urea groups is 1. The van der Waals surface area contributed by atoms with E-state index < -0.39 is 5.97 Å². The molecular formula is C34H40N2O4. The lowest BCUT2D eigenvalue weighted by Crippen LogP contribution is -2.45. The van der Waals surface area contributed by atoms with Crippen LogP contribution in [0.15, 0.2) is 66.7 Å². The van der Waals surface area contributed by atoms with Gasteiger partial charge >= 0.3 is 12.0 Å². The number of nitrogens with zero attached hydrogens (tertiary/aromatic N) is 1. The van der Waals surface area contributed by atoms with E-state index >= 15 is 0 Å². The maximum atomic E-state index is 13.5. The van der Waals surface area contributed by atoms with Crippen molar-refractivity contribution in [2.45, 2.75) is 77.2 Å². The lowest BCUT2D eigenvalue weighted by molar-refractivity contribution is -0.138. The zero-order valence-electron chi connectivity index (χ0n) is 23.6. The molecule has 1 saturated carbocycles. The van der Waals surface area contributed by atoms with Crippen LogP contribution in [0, 0.1) is 5.92 Å². The number of fused-ring (bicyclic) bond motifs is 1. The van der Waals surface area contributed by atoms with Crippen molar-refractivity contribution in [2.75, 3.05) is 16.8 Å². The number of hydrogen-bond donors (Lipinski definition) is 2. The monoisotopic (exact) mass is 540 g/mol. The fourth-order valence-corrected chi connectivity index (χ4v) is 6.22. The highest BCUT2D eigenvalue weighted by atomic mass is 16.5. The van der Waals surface area contributed by atoms with Gasteiger partial charge in [-0.2, -0.15) is 0 Å². The summed E-state index contributed by atoms with van der Waals surface area (Å²) in [5, 5.41) is 12.2. The van der Waals surface area contributed by atoms with Gasteiger partial charge in [0, 0.05) is 12.1 Å². The molecule has 40 heavy (non-hydrogen) atoms. The molecule has 3 aromatic carbocycles. The first kappa shape index (κ1) is 27.8. The highest BCUT2D eigenvalue weighted by Crippen LogP contribution is 2.40. The van der Waals surface area contributed by atoms with Gasteiger partial charge in [0.2, 0.25) is 0 Å². The minimum Gasteiger partial charge on any atom is -0.486 e. The Morgan fingerprint density at radius 1 is 0.950 bits per heavy atom. The molecule has 1 unspecified atom stereocenters. The number of benzene rings is 3. The normalized spacial score (nSPS) is 20.4. The number of nitrogens with one attached hydrogen (secondary N) is 1. The second-order valence-electron chi connectivity index (χ2n) is 11.2. The second-order valence-corrected chi connectivity index (χ2v) is 11.2. The lowest BCUT2D eigenvalue weighted by atomic mass is 9.77. The number of amides is 2. The van der Waals surface area contributed by atoms with Crippen molar-refractivity contribution < 1.29 is 19.4 Å². The SMILES string of the molecule is CCCC1CN(C(=O)Nc2ccccc2CC)c2ccc(-c3ccc([C@H]4CC[C@H](CC(=O)O)CC4)cc3)cc2O1. The van der Waals surface area contributed by atoms with E-state index in [1.807, 2.05) is 35.2 Å². The summed E-state index contributed by atoms with van der Waals surface area (Å²) in [5.74, 6) is 0.851. The third-order valence-electron chi connectivity index (χ3n) is 8.45. The van der Waals surface area contributed by atoms with Crippen LogP contribution in [-0.2, 0) is 11.2 Å². The van der Waals surface area contributed by atoms with Crippen LogP contribution in [0.5, 0.6) is 5.75 Å². The largest absolute Gasteiger partial charge is 0.486 e. The van der Waals surface area contributed by atoms with E-state index in [1.165, 1.54) is 5.56 Å². The molecule has 0 radical (unpaired) electrons. The Kier molecular flexibility index (Phi) is 8.73. The molecule has 6 heteroatoms. The van der Waals surface area contributed by atoms with Crippen LogP contribution in [0.3, 0.4) is 0 Å². The summed E-state index contributed by atoms with van der Waals surface area (Å²) in [5.41, 5.74) is 6.25. The molecule has 1 heterocycles. The highest BCUT2D eigenvalue weighted by molar-refractivity contribution is 6.03. The van der Waals surface area contributed by atoms with Gasteiger partial charge in [0.15, 0.2) is 0 Å². The molecule has 1 aliphatic carbocycles. The Bertz CT molecular complexity index is 1330. The van der Waals surface area contributed by atoms with Crippen molar-refractivity contribution in [3.05, 3.63) is 77.9 Å². The molecule has 2 amide bonds. The summed E-state index contributed by atoms with van der Waals surface area (Å²) < 4.78 is 6.40. The molecule has 2 N–H and O–H groups in total. The fraction of sp³-hybridized carbons (Fsp3) is 0.412. The first-order valence-electron chi connectivity index (χ1n) is 14.7. The first-order valence-corrected chi connectivity index (χ1v) is 14.7. The molecule has 0 spiro atoms. The Balaban J connectivity index is 1.33. The fourth-order valence-electron chi connectivity index (χ4n) is 6.22. The van der Waals surface area contributed by atoms with Gasteiger partial charge in [-0.3, -0.25) is 9.69 Å². The summed E-state index contributed by atoms with van der Waals surface area (Å²) >= 11 is 0. The average Bonchev–Trinajstić information content (AvgIpc) is 2.97. The van der Waals surface area contributed by atoms with Crippen molar-refractivity contribution in [3.8, 4) is 16.9 Å². The van der Waals surface area contributed by atoms with E-state index in [0.717, 1.165) is 78.8 Å². The van der Waals surface area contributed by atoms with Crippen molar-refractivity contribution >= 4 is 23.4 Å². The van der Waals surface area contributed by atoms with Crippen LogP contribution >= 0.6 is 0 Å². The minimum atomic E-state index is -0.687. The van der Waals surface area contributed by atoms with E-state index in [-0.39, 0.29) is 18.6 Å². The van der Waals surface area contributed by atoms with Gasteiger partial charge < -0.3 is 15.2 Å². The number of hydrogen-bond acceptors (Lipinski definition) is 3. The predicted molar refractivity (Wildman–Crippen MR) is 160 cm³/mol. The Labute approximate surface area is 237 Å². The summed E-state index contributed by atoms with van der Waals surface area (Å²) in [6, 6.07) is 22.7. The van der Waals surface area contributed by atoms with E-state index in [9.17, 15) is 9.59 Å². The Morgan fingerprint density at radius 2 is 1.68 bits per heavy atom. The number of rotatable bonds is 8. The molecule has 2 aliphatic rings. The van der Waals surface area contributed by atoms with Crippen LogP contribution in [0.1, 0.15) is 75.8 Å². The van der Waals surface area contributed by atoms with E-state index in [2.05, 4.69) is 55.6 Å². The number of carbonyl (C=O) groups is 2. The second kappa shape index (κ2) is 12.6. The van der Waals surface area contributed by atoms with Crippen LogP contribution in [0.25, 0.3) is 11.1 Å². The Morgan fingerprint density at radius 3 is 2.38 bits per heavy atom. The van der Waals surface area contributed by atoms with Crippen LogP contribution in [0.2, 0.25) is 0 Å². The maximum Gasteiger partial charge on any atom is 0.326 e. The highest BCUT2D eigenvalue weighted by Gasteiger charge is 2.30. The third kappa shape index (κ3) is 6.33. The summed E-state index contributed by atoms with van der Waals surface area (Å²) in [4.78, 5) is 26.4. The van der Waals surface area contributed by atoms with Gasteiger partial charge in [0.25, 0.3) is 0 Å². The van der Waals surface area contributed by atoms with Gasteiger partial charge in [-0.1, -0.05) is 68.8 Å². The molecule has 0 saturated heterocycles. The minimum absolute atomic E-state index is 0.0569. The summed E-state index contributed by atoms with van der Waals surface area (Å²) in [6.45, 7) is 4.74. The smallest absolute Gasteiger partial charge is 0.326 e. The molecule has 6 nitrogen and oxygen atoms in total. The average molecular weight is 541 g/mol. The standard InChI is InChI=1S/C34H40N2O4/c1-3-7-29-22-36(34(39)35-30-9-6-5-8-24(30)4-2)31-19-18-28(21-32(31)40-29)27-16-14-26(15-17-27)25-12-10-23(11-13-25)20-33(37)38/h5-6,8-9,14-19,21,23,25,29H,3-4,7,10-13,20,22H2,1-2H3,(H,35,39)(H,37,38)/t23-,25-,29?. The number of aryl methyl sites for hydroxylation is 1. The molecule has 0 aromatic heterocycles. The first-order chi connectivity index (χ1) is 19.4. The van der Waals surface area contributed by atoms with E-state index in [4.69, 9.17) is 9.84 Å². The number of carboxylic acid groups (broad SMARTS) is 1. The van der Waals surface area contributed by atoms with E-state index in [0.29, 0.717) is 18.4 Å². The zero-order chi connectivity index (χ0) is 28.1. The molecule has 0 bridgehead atoms. The van der Waals surface area contributed by atoms with Gasteiger partial charge in [0.1, 0.15) is 11.9 Å². The quantitative estimate of drug-likeness (QED) is 0.301. The van der Waals surface area contributed by atoms with E-state index in [1.54, 1.807) is 0 Å². The predicted octanol–water partition coefficient (Wildman–Crippen LogP) is 8.26. The Hall–Kier alpha value is -3.80. The van der Waals surface area contributed by atoms with Gasteiger partial charge in [0.05, 0.1) is 12.2 Å². The number of aliphatic carboxylic acids is 1. The van der Waals surface area contributed by atoms with Crippen LogP contribution < -0.4 is 15.0 Å². The maximum absolute atomic E-state index is 13.5. The van der Waals surface area contributed by atoms with Crippen molar-refractivity contribution in [3.63, 3.8) is 0 Å². The van der Waals surface area contributed by atoms with Crippen molar-refractivity contribution in [1.82, 2.24) is 0 Å². The number of ether oxygens (including phenoxy) is 1. The molecule has 5 rings (SSSR count). The number of anilines is 2. The number of carbonyl (C=O) groups excluding carboxylic acids is 1. The van der Waals surface area contributed by atoms with Crippen LogP contribution in [-0.4, -0.2) is 29.8 Å². The topological polar surface area (TPSA) is 78.9 Å². The molecular weight excluding hydrogens is 500 g/mol. The number of carboxylic acids is 1. The summed E-state index contributed by atoms with van der Waals surface area (Å²) in [7, 11) is 0. The molecule has 1 fully saturated rings. The number of para-hydroxylation sites is 1. The van der Waals surface area contributed by atoms with Gasteiger partial charge in [-0.05, 0) is 90.8 Å². The molecule has 1 atom stereocenters. The van der Waals surface area contributed by atoms with Gasteiger partial charge in [-0.15, -0.1) is 0 Å².